The smallest absolute Gasteiger partial charge is 0.326 e. The molecule has 0 aromatic heterocycles. The van der Waals surface area contributed by atoms with E-state index in [2.05, 4.69) is 16.0 Å². The molecule has 12 heteroatoms. The van der Waals surface area contributed by atoms with Gasteiger partial charge in [-0.3, -0.25) is 19.2 Å². The van der Waals surface area contributed by atoms with E-state index < -0.39 is 59.9 Å². The Labute approximate surface area is 225 Å². The number of amides is 3. The summed E-state index contributed by atoms with van der Waals surface area (Å²) in [6, 6.07) is 12.0. The lowest BCUT2D eigenvalue weighted by Crippen LogP contribution is -2.60. The summed E-state index contributed by atoms with van der Waals surface area (Å²) in [7, 11) is 0. The monoisotopic (exact) mass is 542 g/mol. The average molecular weight is 543 g/mol. The third-order valence-corrected chi connectivity index (χ3v) is 5.88. The summed E-state index contributed by atoms with van der Waals surface area (Å²) in [5.74, 6) is -4.94. The first-order valence-electron chi connectivity index (χ1n) is 12.3. The van der Waals surface area contributed by atoms with Crippen LogP contribution in [0.1, 0.15) is 30.9 Å². The van der Waals surface area contributed by atoms with E-state index in [1.54, 1.807) is 60.7 Å². The predicted molar refractivity (Wildman–Crippen MR) is 140 cm³/mol. The van der Waals surface area contributed by atoms with Crippen LogP contribution in [0.2, 0.25) is 0 Å². The van der Waals surface area contributed by atoms with Crippen molar-refractivity contribution in [2.24, 2.45) is 5.73 Å². The third-order valence-electron chi connectivity index (χ3n) is 5.88. The lowest BCUT2D eigenvalue weighted by molar-refractivity contribution is -0.143. The van der Waals surface area contributed by atoms with E-state index in [1.807, 2.05) is 0 Å². The highest BCUT2D eigenvalue weighted by Crippen LogP contribution is 2.08. The van der Waals surface area contributed by atoms with Gasteiger partial charge in [0.2, 0.25) is 17.7 Å². The number of carboxylic acid groups (broad SMARTS) is 2. The molecule has 3 amide bonds. The number of hydrogen-bond acceptors (Lipinski definition) is 7. The van der Waals surface area contributed by atoms with Crippen LogP contribution in [-0.2, 0) is 36.8 Å². The van der Waals surface area contributed by atoms with Crippen molar-refractivity contribution < 1.29 is 39.3 Å². The summed E-state index contributed by atoms with van der Waals surface area (Å²) in [5, 5.41) is 35.9. The molecular formula is C27H34N4O8. The second-order valence-electron chi connectivity index (χ2n) is 9.11. The van der Waals surface area contributed by atoms with Crippen molar-refractivity contribution in [2.45, 2.75) is 62.9 Å². The van der Waals surface area contributed by atoms with Gasteiger partial charge in [0.1, 0.15) is 18.1 Å². The van der Waals surface area contributed by atoms with E-state index in [-0.39, 0.29) is 25.7 Å². The number of benzene rings is 2. The number of carbonyl (C=O) groups is 5. The van der Waals surface area contributed by atoms with E-state index in [9.17, 15) is 34.2 Å². The van der Waals surface area contributed by atoms with Gasteiger partial charge in [0.05, 0.1) is 12.1 Å². The lowest BCUT2D eigenvalue weighted by atomic mass is 10.0. The highest BCUT2D eigenvalue weighted by Gasteiger charge is 2.33. The second kappa shape index (κ2) is 15.2. The maximum atomic E-state index is 13.2. The zero-order valence-electron chi connectivity index (χ0n) is 21.4. The molecule has 0 radical (unpaired) electrons. The topological polar surface area (TPSA) is 208 Å². The van der Waals surface area contributed by atoms with Gasteiger partial charge in [-0.25, -0.2) is 4.79 Å². The molecule has 0 heterocycles. The number of hydrogen-bond donors (Lipinski definition) is 7. The number of nitrogens with two attached hydrogens (primary N) is 1. The number of aliphatic hydroxyl groups excluding tert-OH is 1. The lowest BCUT2D eigenvalue weighted by Gasteiger charge is -2.26. The van der Waals surface area contributed by atoms with Gasteiger partial charge in [0, 0.05) is 19.3 Å². The van der Waals surface area contributed by atoms with Crippen molar-refractivity contribution in [3.05, 3.63) is 71.8 Å². The van der Waals surface area contributed by atoms with Gasteiger partial charge in [-0.2, -0.15) is 0 Å². The molecule has 2 aromatic rings. The summed E-state index contributed by atoms with van der Waals surface area (Å²) < 4.78 is 0. The normalized spacial score (nSPS) is 14.6. The highest BCUT2D eigenvalue weighted by molar-refractivity contribution is 5.94. The Morgan fingerprint density at radius 2 is 1.23 bits per heavy atom. The zero-order valence-corrected chi connectivity index (χ0v) is 21.4. The van der Waals surface area contributed by atoms with Crippen molar-refractivity contribution in [2.75, 3.05) is 0 Å². The minimum atomic E-state index is -1.54. The quantitative estimate of drug-likeness (QED) is 0.156. The Kier molecular flexibility index (Phi) is 12.1. The minimum absolute atomic E-state index is 0.00394. The number of carboxylic acids is 2. The van der Waals surface area contributed by atoms with E-state index in [1.165, 1.54) is 6.92 Å². The van der Waals surface area contributed by atoms with Crippen LogP contribution in [0.25, 0.3) is 0 Å². The molecule has 12 nitrogen and oxygen atoms in total. The molecule has 0 spiro atoms. The molecule has 5 unspecified atom stereocenters. The van der Waals surface area contributed by atoms with Gasteiger partial charge >= 0.3 is 11.9 Å². The van der Waals surface area contributed by atoms with Gasteiger partial charge in [0.15, 0.2) is 0 Å². The van der Waals surface area contributed by atoms with Crippen LogP contribution in [0.4, 0.5) is 0 Å². The van der Waals surface area contributed by atoms with Crippen molar-refractivity contribution in [3.63, 3.8) is 0 Å². The Morgan fingerprint density at radius 1 is 0.744 bits per heavy atom. The third kappa shape index (κ3) is 10.5. The molecule has 2 rings (SSSR count). The summed E-state index contributed by atoms with van der Waals surface area (Å²) in [4.78, 5) is 61.4. The van der Waals surface area contributed by atoms with Crippen molar-refractivity contribution >= 4 is 29.7 Å². The number of nitrogens with one attached hydrogen (secondary N) is 3. The Bertz CT molecular complexity index is 1130. The molecule has 210 valence electrons. The SMILES string of the molecule is CC(O)C(NC(=O)C(Cc1ccccc1)NC(=O)C(N)CCC(=O)O)C(=O)NC(Cc1ccccc1)C(=O)O. The maximum Gasteiger partial charge on any atom is 0.326 e. The Hall–Kier alpha value is -4.29. The van der Waals surface area contributed by atoms with Crippen LogP contribution in [0.3, 0.4) is 0 Å². The van der Waals surface area contributed by atoms with Crippen LogP contribution < -0.4 is 21.7 Å². The number of aliphatic hydroxyl groups is 1. The fourth-order valence-electron chi connectivity index (χ4n) is 3.72. The summed E-state index contributed by atoms with van der Waals surface area (Å²) >= 11 is 0. The highest BCUT2D eigenvalue weighted by atomic mass is 16.4. The fraction of sp³-hybridized carbons (Fsp3) is 0.370. The minimum Gasteiger partial charge on any atom is -0.481 e. The largest absolute Gasteiger partial charge is 0.481 e. The molecular weight excluding hydrogens is 508 g/mol. The number of rotatable bonds is 15. The summed E-state index contributed by atoms with van der Waals surface area (Å²) in [5.41, 5.74) is 7.11. The molecule has 0 aliphatic heterocycles. The van der Waals surface area contributed by atoms with E-state index in [0.29, 0.717) is 11.1 Å². The summed E-state index contributed by atoms with van der Waals surface area (Å²) in [6.07, 6.45) is -1.93. The Balaban J connectivity index is 2.17. The van der Waals surface area contributed by atoms with Gasteiger partial charge in [-0.15, -0.1) is 0 Å². The number of carbonyl (C=O) groups excluding carboxylic acids is 3. The maximum absolute atomic E-state index is 13.2. The molecule has 0 fully saturated rings. The first-order chi connectivity index (χ1) is 18.5. The first kappa shape index (κ1) is 30.9. The van der Waals surface area contributed by atoms with E-state index in [4.69, 9.17) is 10.8 Å². The van der Waals surface area contributed by atoms with Gasteiger partial charge in [-0.05, 0) is 24.5 Å². The van der Waals surface area contributed by atoms with Crippen LogP contribution >= 0.6 is 0 Å². The van der Waals surface area contributed by atoms with Crippen molar-refractivity contribution in [1.29, 1.82) is 0 Å². The molecule has 39 heavy (non-hydrogen) atoms. The molecule has 0 aliphatic carbocycles. The average Bonchev–Trinajstić information content (AvgIpc) is 2.90. The zero-order chi connectivity index (χ0) is 28.9. The van der Waals surface area contributed by atoms with E-state index >= 15 is 0 Å². The van der Waals surface area contributed by atoms with Gasteiger partial charge in [-0.1, -0.05) is 60.7 Å². The van der Waals surface area contributed by atoms with Crippen LogP contribution in [0.5, 0.6) is 0 Å². The molecule has 8 N–H and O–H groups in total. The van der Waals surface area contributed by atoms with Crippen LogP contribution in [0.15, 0.2) is 60.7 Å². The van der Waals surface area contributed by atoms with Crippen LogP contribution in [-0.4, -0.2) is 75.3 Å². The molecule has 0 aliphatic rings. The van der Waals surface area contributed by atoms with Crippen LogP contribution in [0, 0.1) is 0 Å². The Morgan fingerprint density at radius 3 is 1.69 bits per heavy atom. The predicted octanol–water partition coefficient (Wildman–Crippen LogP) is -0.416. The molecule has 5 atom stereocenters. The van der Waals surface area contributed by atoms with E-state index in [0.717, 1.165) is 0 Å². The number of aliphatic carboxylic acids is 2. The van der Waals surface area contributed by atoms with Crippen molar-refractivity contribution in [1.82, 2.24) is 16.0 Å². The molecule has 0 saturated carbocycles. The van der Waals surface area contributed by atoms with Gasteiger partial charge in [0.25, 0.3) is 0 Å². The summed E-state index contributed by atoms with van der Waals surface area (Å²) in [6.45, 7) is 1.25. The molecule has 2 aromatic carbocycles. The standard InChI is InChI=1S/C27H34N4O8/c1-16(32)23(26(37)30-21(27(38)39)15-18-10-6-3-7-11-18)31-25(36)20(14-17-8-4-2-5-9-17)29-24(35)19(28)12-13-22(33)34/h2-11,16,19-21,23,32H,12-15,28H2,1H3,(H,29,35)(H,30,37)(H,31,36)(H,33,34)(H,38,39). The molecule has 0 saturated heterocycles. The second-order valence-corrected chi connectivity index (χ2v) is 9.11. The first-order valence-corrected chi connectivity index (χ1v) is 12.3. The molecule has 0 bridgehead atoms. The fourth-order valence-corrected chi connectivity index (χ4v) is 3.72. The van der Waals surface area contributed by atoms with Gasteiger partial charge < -0.3 is 37.0 Å². The van der Waals surface area contributed by atoms with Crippen molar-refractivity contribution in [3.8, 4) is 0 Å².